The van der Waals surface area contributed by atoms with E-state index in [1.165, 1.54) is 12.5 Å². The smallest absolute Gasteiger partial charge is 0.258 e. The average Bonchev–Trinajstić information content (AvgIpc) is 2.42. The largest absolute Gasteiger partial charge is 0.283 e. The van der Waals surface area contributed by atoms with Gasteiger partial charge < -0.3 is 0 Å². The third-order valence-corrected chi connectivity index (χ3v) is 6.10. The summed E-state index contributed by atoms with van der Waals surface area (Å²) in [6, 6.07) is 5.24. The molecule has 1 fully saturated rings. The number of nitro groups is 1. The molecule has 0 radical (unpaired) electrons. The summed E-state index contributed by atoms with van der Waals surface area (Å²) in [7, 11) is 0. The minimum atomic E-state index is -0.344. The van der Waals surface area contributed by atoms with E-state index < -0.39 is 0 Å². The van der Waals surface area contributed by atoms with Gasteiger partial charge in [-0.2, -0.15) is 0 Å². The number of benzene rings is 1. The van der Waals surface area contributed by atoms with Crippen molar-refractivity contribution in [3.63, 3.8) is 0 Å². The Bertz CT molecular complexity index is 521. The number of nitro benzene ring substituents is 1. The molecule has 116 valence electrons. The van der Waals surface area contributed by atoms with Crippen molar-refractivity contribution in [2.75, 3.05) is 0 Å². The number of rotatable bonds is 4. The van der Waals surface area contributed by atoms with Crippen LogP contribution in [-0.2, 0) is 6.42 Å². The van der Waals surface area contributed by atoms with Gasteiger partial charge in [-0.1, -0.05) is 26.0 Å². The van der Waals surface area contributed by atoms with Crippen LogP contribution in [0.15, 0.2) is 22.7 Å². The molecule has 5 heteroatoms. The highest BCUT2D eigenvalue weighted by molar-refractivity contribution is 9.10. The van der Waals surface area contributed by atoms with Crippen LogP contribution < -0.4 is 0 Å². The fraction of sp³-hybridized carbons (Fsp3) is 0.625. The Balaban J connectivity index is 2.17. The van der Waals surface area contributed by atoms with Crippen LogP contribution in [0.25, 0.3) is 0 Å². The van der Waals surface area contributed by atoms with Crippen LogP contribution in [0.4, 0.5) is 5.69 Å². The monoisotopic (exact) mass is 373 g/mol. The lowest BCUT2D eigenvalue weighted by atomic mass is 9.74. The third-order valence-electron chi connectivity index (χ3n) is 4.61. The molecule has 0 bridgehead atoms. The molecular weight excluding hydrogens is 354 g/mol. The zero-order valence-corrected chi connectivity index (χ0v) is 14.7. The quantitative estimate of drug-likeness (QED) is 0.392. The van der Waals surface area contributed by atoms with Gasteiger partial charge >= 0.3 is 0 Å². The molecule has 0 saturated heterocycles. The molecule has 0 spiro atoms. The van der Waals surface area contributed by atoms with E-state index in [1.807, 2.05) is 6.07 Å². The molecule has 3 unspecified atom stereocenters. The number of halogens is 2. The van der Waals surface area contributed by atoms with Crippen molar-refractivity contribution >= 4 is 33.2 Å². The Morgan fingerprint density at radius 3 is 2.76 bits per heavy atom. The van der Waals surface area contributed by atoms with Crippen LogP contribution in [-0.4, -0.2) is 10.3 Å². The highest BCUT2D eigenvalue weighted by Crippen LogP contribution is 2.40. The molecule has 0 amide bonds. The molecular formula is C16H21BrClNO2. The Morgan fingerprint density at radius 1 is 1.43 bits per heavy atom. The average molecular weight is 375 g/mol. The van der Waals surface area contributed by atoms with E-state index in [0.717, 1.165) is 24.8 Å². The maximum atomic E-state index is 11.0. The first-order valence-corrected chi connectivity index (χ1v) is 8.69. The van der Waals surface area contributed by atoms with E-state index in [2.05, 4.69) is 29.8 Å². The zero-order chi connectivity index (χ0) is 15.6. The number of alkyl halides is 1. The van der Waals surface area contributed by atoms with E-state index in [4.69, 9.17) is 11.6 Å². The molecule has 0 aromatic heterocycles. The summed E-state index contributed by atoms with van der Waals surface area (Å²) in [5, 5.41) is 11.2. The summed E-state index contributed by atoms with van der Waals surface area (Å²) in [5.41, 5.74) is 1.12. The van der Waals surface area contributed by atoms with E-state index in [9.17, 15) is 10.1 Å². The van der Waals surface area contributed by atoms with Crippen LogP contribution in [0.5, 0.6) is 0 Å². The fourth-order valence-corrected chi connectivity index (χ4v) is 4.12. The van der Waals surface area contributed by atoms with Crippen molar-refractivity contribution in [3.8, 4) is 0 Å². The van der Waals surface area contributed by atoms with Crippen molar-refractivity contribution in [1.82, 2.24) is 0 Å². The molecule has 21 heavy (non-hydrogen) atoms. The van der Waals surface area contributed by atoms with Crippen molar-refractivity contribution < 1.29 is 4.92 Å². The van der Waals surface area contributed by atoms with E-state index in [1.54, 1.807) is 6.07 Å². The van der Waals surface area contributed by atoms with E-state index in [0.29, 0.717) is 22.2 Å². The van der Waals surface area contributed by atoms with Gasteiger partial charge in [0, 0.05) is 11.4 Å². The summed E-state index contributed by atoms with van der Waals surface area (Å²) >= 11 is 9.90. The molecule has 1 saturated carbocycles. The predicted octanol–water partition coefficient (Wildman–Crippen LogP) is 5.58. The minimum Gasteiger partial charge on any atom is -0.258 e. The topological polar surface area (TPSA) is 43.1 Å². The lowest BCUT2D eigenvalue weighted by Crippen LogP contribution is -2.29. The van der Waals surface area contributed by atoms with Crippen LogP contribution in [0.1, 0.15) is 38.7 Å². The van der Waals surface area contributed by atoms with Gasteiger partial charge in [-0.05, 0) is 64.9 Å². The van der Waals surface area contributed by atoms with E-state index in [-0.39, 0.29) is 16.0 Å². The standard InChI is InChI=1S/C16H21BrClNO2/c1-10(2)11-6-7-14(18)13(8-11)9-12-4-3-5-15(16(12)17)19(20)21/h3-5,10-11,13-14H,6-9H2,1-2H3. The first-order chi connectivity index (χ1) is 9.90. The van der Waals surface area contributed by atoms with Crippen molar-refractivity contribution in [3.05, 3.63) is 38.3 Å². The molecule has 3 atom stereocenters. The Kier molecular flexibility index (Phi) is 5.67. The second kappa shape index (κ2) is 7.10. The summed E-state index contributed by atoms with van der Waals surface area (Å²) in [6.45, 7) is 4.53. The molecule has 0 heterocycles. The van der Waals surface area contributed by atoms with Gasteiger partial charge in [0.1, 0.15) is 0 Å². The fourth-order valence-electron chi connectivity index (χ4n) is 3.23. The summed E-state index contributed by atoms with van der Waals surface area (Å²) in [4.78, 5) is 10.7. The van der Waals surface area contributed by atoms with E-state index >= 15 is 0 Å². The van der Waals surface area contributed by atoms with Gasteiger partial charge in [-0.3, -0.25) is 10.1 Å². The first kappa shape index (κ1) is 16.8. The van der Waals surface area contributed by atoms with Gasteiger partial charge in [0.05, 0.1) is 9.40 Å². The Labute approximate surface area is 139 Å². The molecule has 0 aliphatic heterocycles. The highest BCUT2D eigenvalue weighted by atomic mass is 79.9. The van der Waals surface area contributed by atoms with Gasteiger partial charge in [0.2, 0.25) is 0 Å². The van der Waals surface area contributed by atoms with Gasteiger partial charge in [0.15, 0.2) is 0 Å². The SMILES string of the molecule is CC(C)C1CCC(Cl)C(Cc2cccc([N+](=O)[O-])c2Br)C1. The van der Waals surface area contributed by atoms with Crippen molar-refractivity contribution in [2.45, 2.75) is 44.9 Å². The first-order valence-electron chi connectivity index (χ1n) is 7.46. The third kappa shape index (κ3) is 3.98. The summed E-state index contributed by atoms with van der Waals surface area (Å²) in [6.07, 6.45) is 4.15. The number of nitrogens with zero attached hydrogens (tertiary/aromatic N) is 1. The Hall–Kier alpha value is -0.610. The van der Waals surface area contributed by atoms with Crippen LogP contribution >= 0.6 is 27.5 Å². The molecule has 2 rings (SSSR count). The maximum absolute atomic E-state index is 11.0. The Morgan fingerprint density at radius 2 is 2.14 bits per heavy atom. The molecule has 3 nitrogen and oxygen atoms in total. The van der Waals surface area contributed by atoms with Crippen LogP contribution in [0.3, 0.4) is 0 Å². The zero-order valence-electron chi connectivity index (χ0n) is 12.4. The molecule has 1 aliphatic rings. The van der Waals surface area contributed by atoms with Gasteiger partial charge in [-0.15, -0.1) is 11.6 Å². The lowest BCUT2D eigenvalue weighted by molar-refractivity contribution is -0.385. The second-order valence-corrected chi connectivity index (χ2v) is 7.66. The normalized spacial score (nSPS) is 26.0. The highest BCUT2D eigenvalue weighted by Gasteiger charge is 2.31. The van der Waals surface area contributed by atoms with Gasteiger partial charge in [-0.25, -0.2) is 0 Å². The maximum Gasteiger partial charge on any atom is 0.283 e. The number of hydrogen-bond donors (Lipinski definition) is 0. The molecule has 0 N–H and O–H groups in total. The molecule has 1 aromatic rings. The second-order valence-electron chi connectivity index (χ2n) is 6.30. The summed E-state index contributed by atoms with van der Waals surface area (Å²) < 4.78 is 0.602. The molecule has 1 aliphatic carbocycles. The number of hydrogen-bond acceptors (Lipinski definition) is 2. The lowest BCUT2D eigenvalue weighted by Gasteiger charge is -2.35. The predicted molar refractivity (Wildman–Crippen MR) is 89.8 cm³/mol. The van der Waals surface area contributed by atoms with Crippen LogP contribution in [0, 0.1) is 27.9 Å². The minimum absolute atomic E-state index is 0.134. The summed E-state index contributed by atoms with van der Waals surface area (Å²) in [5.74, 6) is 1.78. The van der Waals surface area contributed by atoms with Gasteiger partial charge in [0.25, 0.3) is 5.69 Å². The van der Waals surface area contributed by atoms with Crippen molar-refractivity contribution in [2.24, 2.45) is 17.8 Å². The molecule has 1 aromatic carbocycles. The van der Waals surface area contributed by atoms with Crippen LogP contribution in [0.2, 0.25) is 0 Å². The van der Waals surface area contributed by atoms with Crippen molar-refractivity contribution in [1.29, 1.82) is 0 Å².